The van der Waals surface area contributed by atoms with Gasteiger partial charge in [-0.15, -0.1) is 0 Å². The van der Waals surface area contributed by atoms with E-state index in [-0.39, 0.29) is 5.56 Å². The summed E-state index contributed by atoms with van der Waals surface area (Å²) in [4.78, 5) is 24.5. The Hall–Kier alpha value is -5.26. The SMILES string of the molecule is O=C(O)c1cc(O)c(O)c(O)c1-c1c(O)cc2oc(-c3ccc(O)c(O)c3)c(O)c(=O)c2c1O. The third-order valence-electron chi connectivity index (χ3n) is 5.09. The van der Waals surface area contributed by atoms with Gasteiger partial charge in [-0.25, -0.2) is 4.79 Å². The maximum atomic E-state index is 12.9. The van der Waals surface area contributed by atoms with Gasteiger partial charge in [-0.2, -0.15) is 0 Å². The highest BCUT2D eigenvalue weighted by Gasteiger charge is 2.30. The number of hydrogen-bond donors (Lipinski definition) is 9. The van der Waals surface area contributed by atoms with Crippen molar-refractivity contribution in [2.24, 2.45) is 0 Å². The molecule has 9 N–H and O–H groups in total. The molecule has 0 aliphatic rings. The number of carboxylic acids is 1. The van der Waals surface area contributed by atoms with Gasteiger partial charge in [0.2, 0.25) is 16.9 Å². The normalized spacial score (nSPS) is 11.1. The van der Waals surface area contributed by atoms with Gasteiger partial charge in [-0.05, 0) is 24.3 Å². The molecular formula is C22H14O12. The van der Waals surface area contributed by atoms with Gasteiger partial charge in [-0.3, -0.25) is 4.79 Å². The lowest BCUT2D eigenvalue weighted by Crippen LogP contribution is -2.05. The Bertz CT molecular complexity index is 1580. The fourth-order valence-corrected chi connectivity index (χ4v) is 3.48. The van der Waals surface area contributed by atoms with Crippen molar-refractivity contribution in [1.29, 1.82) is 0 Å². The van der Waals surface area contributed by atoms with E-state index >= 15 is 0 Å². The summed E-state index contributed by atoms with van der Waals surface area (Å²) in [5.41, 5.74) is -4.25. The molecule has 0 saturated carbocycles. The zero-order valence-corrected chi connectivity index (χ0v) is 16.6. The van der Waals surface area contributed by atoms with E-state index in [0.29, 0.717) is 6.07 Å². The molecule has 4 aromatic rings. The first kappa shape index (κ1) is 22.0. The summed E-state index contributed by atoms with van der Waals surface area (Å²) in [6.07, 6.45) is 0. The van der Waals surface area contributed by atoms with E-state index < -0.39 is 90.8 Å². The van der Waals surface area contributed by atoms with Gasteiger partial charge in [0.1, 0.15) is 22.5 Å². The lowest BCUT2D eigenvalue weighted by Gasteiger charge is -2.16. The number of carboxylic acid groups (broad SMARTS) is 1. The number of rotatable bonds is 3. The highest BCUT2D eigenvalue weighted by molar-refractivity contribution is 6.05. The first-order valence-corrected chi connectivity index (χ1v) is 9.22. The Balaban J connectivity index is 2.09. The topological polar surface area (TPSA) is 229 Å². The van der Waals surface area contributed by atoms with Gasteiger partial charge < -0.3 is 50.4 Å². The number of hydrogen-bond acceptors (Lipinski definition) is 11. The van der Waals surface area contributed by atoms with E-state index in [0.717, 1.165) is 18.2 Å². The zero-order valence-electron chi connectivity index (χ0n) is 16.6. The summed E-state index contributed by atoms with van der Waals surface area (Å²) in [6.45, 7) is 0. The Labute approximate surface area is 187 Å². The number of phenols is 7. The summed E-state index contributed by atoms with van der Waals surface area (Å²) >= 11 is 0. The minimum absolute atomic E-state index is 0.0517. The second-order valence-corrected chi connectivity index (χ2v) is 7.13. The van der Waals surface area contributed by atoms with Gasteiger partial charge in [0.05, 0.1) is 11.1 Å². The van der Waals surface area contributed by atoms with Crippen LogP contribution in [0.15, 0.2) is 39.5 Å². The molecule has 3 aromatic carbocycles. The van der Waals surface area contributed by atoms with Gasteiger partial charge in [0.15, 0.2) is 28.8 Å². The molecule has 1 heterocycles. The van der Waals surface area contributed by atoms with Crippen LogP contribution in [-0.4, -0.2) is 51.9 Å². The number of benzene rings is 3. The molecule has 0 aliphatic carbocycles. The maximum absolute atomic E-state index is 12.9. The Kier molecular flexibility index (Phi) is 4.78. The Morgan fingerprint density at radius 3 is 1.97 bits per heavy atom. The van der Waals surface area contributed by atoms with Crippen LogP contribution >= 0.6 is 0 Å². The molecule has 0 spiro atoms. The minimum Gasteiger partial charge on any atom is -0.507 e. The molecule has 34 heavy (non-hydrogen) atoms. The van der Waals surface area contributed by atoms with Crippen LogP contribution in [0.3, 0.4) is 0 Å². The predicted octanol–water partition coefficient (Wildman–Crippen LogP) is 2.47. The van der Waals surface area contributed by atoms with E-state index in [1.807, 2.05) is 0 Å². The largest absolute Gasteiger partial charge is 0.507 e. The van der Waals surface area contributed by atoms with Gasteiger partial charge in [-0.1, -0.05) is 0 Å². The average Bonchev–Trinajstić information content (AvgIpc) is 2.77. The standard InChI is InChI=1S/C22H14O12/c23-8-2-1-6(3-9(8)24)21-20(31)19(30)15-12(34-21)5-10(25)14(17(15)28)13-7(22(32)33)4-11(26)16(27)18(13)29/h1-5,23-29,31H,(H,32,33). The lowest BCUT2D eigenvalue weighted by atomic mass is 9.94. The van der Waals surface area contributed by atoms with E-state index in [9.17, 15) is 55.5 Å². The molecule has 0 unspecified atom stereocenters. The number of phenolic OH excluding ortho intramolecular Hbond substituents is 7. The molecule has 12 nitrogen and oxygen atoms in total. The third-order valence-corrected chi connectivity index (χ3v) is 5.09. The van der Waals surface area contributed by atoms with Crippen LogP contribution in [0.4, 0.5) is 0 Å². The van der Waals surface area contributed by atoms with Crippen LogP contribution < -0.4 is 5.43 Å². The molecule has 0 aliphatic heterocycles. The van der Waals surface area contributed by atoms with Crippen LogP contribution in [0, 0.1) is 0 Å². The maximum Gasteiger partial charge on any atom is 0.336 e. The van der Waals surface area contributed by atoms with E-state index in [4.69, 9.17) is 4.42 Å². The molecule has 0 bridgehead atoms. The summed E-state index contributed by atoms with van der Waals surface area (Å²) in [5, 5.41) is 89.3. The van der Waals surface area contributed by atoms with E-state index in [1.54, 1.807) is 0 Å². The Morgan fingerprint density at radius 1 is 0.676 bits per heavy atom. The second kappa shape index (κ2) is 7.41. The molecular weight excluding hydrogens is 456 g/mol. The van der Waals surface area contributed by atoms with Gasteiger partial charge >= 0.3 is 5.97 Å². The van der Waals surface area contributed by atoms with Crippen molar-refractivity contribution < 1.29 is 55.2 Å². The van der Waals surface area contributed by atoms with Crippen LogP contribution in [-0.2, 0) is 0 Å². The Morgan fingerprint density at radius 2 is 1.35 bits per heavy atom. The van der Waals surface area contributed by atoms with E-state index in [1.165, 1.54) is 6.07 Å². The van der Waals surface area contributed by atoms with Crippen molar-refractivity contribution in [2.45, 2.75) is 0 Å². The molecule has 0 atom stereocenters. The van der Waals surface area contributed by atoms with Gasteiger partial charge in [0.25, 0.3) is 0 Å². The molecule has 0 radical (unpaired) electrons. The number of fused-ring (bicyclic) bond motifs is 1. The van der Waals surface area contributed by atoms with Crippen LogP contribution in [0.25, 0.3) is 33.4 Å². The van der Waals surface area contributed by atoms with Crippen LogP contribution in [0.1, 0.15) is 10.4 Å². The second-order valence-electron chi connectivity index (χ2n) is 7.13. The fraction of sp³-hybridized carbons (Fsp3) is 0. The smallest absolute Gasteiger partial charge is 0.336 e. The quantitative estimate of drug-likeness (QED) is 0.197. The summed E-state index contributed by atoms with van der Waals surface area (Å²) < 4.78 is 5.43. The minimum atomic E-state index is -1.73. The van der Waals surface area contributed by atoms with Crippen molar-refractivity contribution in [3.8, 4) is 68.4 Å². The van der Waals surface area contributed by atoms with E-state index in [2.05, 4.69) is 0 Å². The molecule has 0 saturated heterocycles. The molecule has 0 fully saturated rings. The first-order chi connectivity index (χ1) is 15.9. The highest BCUT2D eigenvalue weighted by Crippen LogP contribution is 2.52. The number of aromatic hydroxyl groups is 8. The summed E-state index contributed by atoms with van der Waals surface area (Å²) in [7, 11) is 0. The number of carbonyl (C=O) groups is 1. The third kappa shape index (κ3) is 3.09. The molecule has 0 amide bonds. The average molecular weight is 470 g/mol. The van der Waals surface area contributed by atoms with Crippen molar-refractivity contribution >= 4 is 16.9 Å². The number of aromatic carboxylic acids is 1. The van der Waals surface area contributed by atoms with Gasteiger partial charge in [0, 0.05) is 17.2 Å². The first-order valence-electron chi connectivity index (χ1n) is 9.22. The van der Waals surface area contributed by atoms with Crippen molar-refractivity contribution in [1.82, 2.24) is 0 Å². The monoisotopic (exact) mass is 470 g/mol. The van der Waals surface area contributed by atoms with Crippen molar-refractivity contribution in [3.63, 3.8) is 0 Å². The molecule has 1 aromatic heterocycles. The molecule has 4 rings (SSSR count). The predicted molar refractivity (Wildman–Crippen MR) is 114 cm³/mol. The zero-order chi connectivity index (χ0) is 25.1. The van der Waals surface area contributed by atoms with Crippen LogP contribution in [0.2, 0.25) is 0 Å². The van der Waals surface area contributed by atoms with Crippen molar-refractivity contribution in [2.75, 3.05) is 0 Å². The molecule has 12 heteroatoms. The lowest BCUT2D eigenvalue weighted by molar-refractivity contribution is 0.0696. The fourth-order valence-electron chi connectivity index (χ4n) is 3.48. The van der Waals surface area contributed by atoms with Crippen LogP contribution in [0.5, 0.6) is 46.0 Å². The highest BCUT2D eigenvalue weighted by atomic mass is 16.4. The summed E-state index contributed by atoms with van der Waals surface area (Å²) in [5.74, 6) is -9.72. The van der Waals surface area contributed by atoms with Crippen molar-refractivity contribution in [3.05, 3.63) is 46.1 Å². The molecule has 174 valence electrons. The summed E-state index contributed by atoms with van der Waals surface area (Å²) in [6, 6.07) is 4.56.